The van der Waals surface area contributed by atoms with E-state index in [1.165, 1.54) is 12.8 Å². The topological polar surface area (TPSA) is 55.0 Å². The Hall–Kier alpha value is -1.16. The highest BCUT2D eigenvalue weighted by Gasteiger charge is 2.25. The van der Waals surface area contributed by atoms with Crippen molar-refractivity contribution < 1.29 is 0 Å². The van der Waals surface area contributed by atoms with Crippen LogP contribution >= 0.6 is 0 Å². The monoisotopic (exact) mass is 220 g/mol. The lowest BCUT2D eigenvalue weighted by Gasteiger charge is -2.37. The van der Waals surface area contributed by atoms with E-state index < -0.39 is 0 Å². The third-order valence-electron chi connectivity index (χ3n) is 3.34. The fraction of sp³-hybridized carbons (Fsp3) is 0.667. The molecule has 4 heteroatoms. The Labute approximate surface area is 96.9 Å². The van der Waals surface area contributed by atoms with Crippen LogP contribution in [0.25, 0.3) is 0 Å². The predicted molar refractivity (Wildman–Crippen MR) is 65.2 cm³/mol. The van der Waals surface area contributed by atoms with Crippen molar-refractivity contribution in [2.24, 2.45) is 11.1 Å². The number of aromatic nitrogens is 2. The van der Waals surface area contributed by atoms with Crippen molar-refractivity contribution in [3.05, 3.63) is 18.1 Å². The molecular formula is C12H20N4. The van der Waals surface area contributed by atoms with Gasteiger partial charge in [0.05, 0.1) is 18.1 Å². The van der Waals surface area contributed by atoms with Gasteiger partial charge in [0.2, 0.25) is 0 Å². The fourth-order valence-electron chi connectivity index (χ4n) is 1.96. The summed E-state index contributed by atoms with van der Waals surface area (Å²) in [6, 6.07) is 0. The highest BCUT2D eigenvalue weighted by molar-refractivity contribution is 5.36. The van der Waals surface area contributed by atoms with Crippen molar-refractivity contribution in [3.63, 3.8) is 0 Å². The molecule has 2 rings (SSSR count). The second kappa shape index (κ2) is 4.37. The normalized spacial score (nSPS) is 19.8. The van der Waals surface area contributed by atoms with Crippen LogP contribution in [0.5, 0.6) is 0 Å². The molecule has 2 heterocycles. The van der Waals surface area contributed by atoms with E-state index in [0.717, 1.165) is 24.6 Å². The van der Waals surface area contributed by atoms with Gasteiger partial charge in [-0.3, -0.25) is 4.98 Å². The van der Waals surface area contributed by atoms with Gasteiger partial charge in [0.25, 0.3) is 0 Å². The summed E-state index contributed by atoms with van der Waals surface area (Å²) in [5.41, 5.74) is 6.82. The number of nitrogens with two attached hydrogens (primary N) is 1. The standard InChI is InChI=1S/C12H20N4/c1-12(2)3-5-16(6-4-12)11-9-14-10(7-13)8-15-11/h8-9H,3-7,13H2,1-2H3. The maximum Gasteiger partial charge on any atom is 0.147 e. The largest absolute Gasteiger partial charge is 0.355 e. The van der Waals surface area contributed by atoms with Gasteiger partial charge in [-0.05, 0) is 18.3 Å². The molecule has 0 atom stereocenters. The average molecular weight is 220 g/mol. The van der Waals surface area contributed by atoms with E-state index in [0.29, 0.717) is 12.0 Å². The molecule has 1 aliphatic rings. The van der Waals surface area contributed by atoms with Crippen molar-refractivity contribution in [1.82, 2.24) is 9.97 Å². The van der Waals surface area contributed by atoms with E-state index in [9.17, 15) is 0 Å². The van der Waals surface area contributed by atoms with Crippen LogP contribution in [0.2, 0.25) is 0 Å². The molecule has 0 spiro atoms. The Morgan fingerprint density at radius 3 is 2.44 bits per heavy atom. The van der Waals surface area contributed by atoms with E-state index in [4.69, 9.17) is 5.73 Å². The zero-order chi connectivity index (χ0) is 11.6. The summed E-state index contributed by atoms with van der Waals surface area (Å²) in [5.74, 6) is 0.979. The first-order valence-electron chi connectivity index (χ1n) is 5.87. The smallest absolute Gasteiger partial charge is 0.147 e. The molecule has 1 fully saturated rings. The van der Waals surface area contributed by atoms with Gasteiger partial charge >= 0.3 is 0 Å². The molecule has 0 unspecified atom stereocenters. The lowest BCUT2D eigenvalue weighted by Crippen LogP contribution is -2.37. The maximum absolute atomic E-state index is 5.50. The van der Waals surface area contributed by atoms with Crippen molar-refractivity contribution in [1.29, 1.82) is 0 Å². The minimum Gasteiger partial charge on any atom is -0.355 e. The molecule has 88 valence electrons. The van der Waals surface area contributed by atoms with Gasteiger partial charge in [0.15, 0.2) is 0 Å². The highest BCUT2D eigenvalue weighted by atomic mass is 15.2. The van der Waals surface area contributed by atoms with E-state index in [-0.39, 0.29) is 0 Å². The van der Waals surface area contributed by atoms with E-state index >= 15 is 0 Å². The summed E-state index contributed by atoms with van der Waals surface area (Å²) in [4.78, 5) is 11.0. The number of nitrogens with zero attached hydrogens (tertiary/aromatic N) is 3. The van der Waals surface area contributed by atoms with Gasteiger partial charge in [-0.15, -0.1) is 0 Å². The molecule has 0 amide bonds. The highest BCUT2D eigenvalue weighted by Crippen LogP contribution is 2.31. The van der Waals surface area contributed by atoms with Crippen LogP contribution in [0, 0.1) is 5.41 Å². The Morgan fingerprint density at radius 1 is 1.25 bits per heavy atom. The quantitative estimate of drug-likeness (QED) is 0.822. The SMILES string of the molecule is CC1(C)CCN(c2cnc(CN)cn2)CC1. The number of hydrogen-bond acceptors (Lipinski definition) is 4. The van der Waals surface area contributed by atoms with Crippen LogP contribution in [-0.2, 0) is 6.54 Å². The van der Waals surface area contributed by atoms with Crippen LogP contribution < -0.4 is 10.6 Å². The Kier molecular flexibility index (Phi) is 3.10. The minimum absolute atomic E-state index is 0.459. The molecule has 2 N–H and O–H groups in total. The van der Waals surface area contributed by atoms with Gasteiger partial charge in [-0.25, -0.2) is 4.98 Å². The molecule has 1 aliphatic heterocycles. The molecule has 1 saturated heterocycles. The fourth-order valence-corrected chi connectivity index (χ4v) is 1.96. The van der Waals surface area contributed by atoms with E-state index in [1.54, 1.807) is 6.20 Å². The zero-order valence-electron chi connectivity index (χ0n) is 10.1. The van der Waals surface area contributed by atoms with Crippen LogP contribution in [0.4, 0.5) is 5.82 Å². The predicted octanol–water partition coefficient (Wildman–Crippen LogP) is 1.56. The number of anilines is 1. The first-order valence-corrected chi connectivity index (χ1v) is 5.87. The summed E-state index contributed by atoms with van der Waals surface area (Å²) >= 11 is 0. The summed E-state index contributed by atoms with van der Waals surface area (Å²) in [7, 11) is 0. The lowest BCUT2D eigenvalue weighted by atomic mass is 9.83. The molecule has 0 aliphatic carbocycles. The molecule has 1 aromatic heterocycles. The zero-order valence-corrected chi connectivity index (χ0v) is 10.1. The first-order chi connectivity index (χ1) is 7.61. The van der Waals surface area contributed by atoms with Crippen LogP contribution in [-0.4, -0.2) is 23.1 Å². The lowest BCUT2D eigenvalue weighted by molar-refractivity contribution is 0.279. The van der Waals surface area contributed by atoms with Crippen molar-refractivity contribution in [3.8, 4) is 0 Å². The summed E-state index contributed by atoms with van der Waals surface area (Å²) in [5, 5.41) is 0. The molecular weight excluding hydrogens is 200 g/mol. The Morgan fingerprint density at radius 2 is 1.94 bits per heavy atom. The molecule has 0 radical (unpaired) electrons. The maximum atomic E-state index is 5.50. The number of piperidine rings is 1. The minimum atomic E-state index is 0.459. The van der Waals surface area contributed by atoms with Gasteiger partial charge in [-0.1, -0.05) is 13.8 Å². The number of hydrogen-bond donors (Lipinski definition) is 1. The molecule has 0 aromatic carbocycles. The van der Waals surface area contributed by atoms with E-state index in [2.05, 4.69) is 28.7 Å². The molecule has 1 aromatic rings. The van der Waals surface area contributed by atoms with Crippen molar-refractivity contribution in [2.45, 2.75) is 33.2 Å². The average Bonchev–Trinajstić information content (AvgIpc) is 2.29. The number of rotatable bonds is 2. The summed E-state index contributed by atoms with van der Waals surface area (Å²) < 4.78 is 0. The molecule has 16 heavy (non-hydrogen) atoms. The summed E-state index contributed by atoms with van der Waals surface area (Å²) in [6.45, 7) is 7.26. The third-order valence-corrected chi connectivity index (χ3v) is 3.34. The van der Waals surface area contributed by atoms with Gasteiger partial charge < -0.3 is 10.6 Å². The second-order valence-corrected chi connectivity index (χ2v) is 5.22. The first kappa shape index (κ1) is 11.3. The van der Waals surface area contributed by atoms with Crippen LogP contribution in [0.15, 0.2) is 12.4 Å². The molecule has 0 saturated carbocycles. The van der Waals surface area contributed by atoms with Crippen LogP contribution in [0.1, 0.15) is 32.4 Å². The van der Waals surface area contributed by atoms with Gasteiger partial charge in [0.1, 0.15) is 5.82 Å². The van der Waals surface area contributed by atoms with Crippen molar-refractivity contribution >= 4 is 5.82 Å². The summed E-state index contributed by atoms with van der Waals surface area (Å²) in [6.07, 6.45) is 6.04. The molecule has 4 nitrogen and oxygen atoms in total. The van der Waals surface area contributed by atoms with Crippen LogP contribution in [0.3, 0.4) is 0 Å². The van der Waals surface area contributed by atoms with E-state index in [1.807, 2.05) is 6.20 Å². The van der Waals surface area contributed by atoms with Gasteiger partial charge in [0, 0.05) is 19.6 Å². The third kappa shape index (κ3) is 2.50. The molecule has 0 bridgehead atoms. The van der Waals surface area contributed by atoms with Gasteiger partial charge in [-0.2, -0.15) is 0 Å². The Bertz CT molecular complexity index is 335. The van der Waals surface area contributed by atoms with Crippen molar-refractivity contribution in [2.75, 3.05) is 18.0 Å². The second-order valence-electron chi connectivity index (χ2n) is 5.22. The Balaban J connectivity index is 2.03.